The number of hydrogen-bond donors (Lipinski definition) is 0. The molecule has 2 unspecified atom stereocenters. The summed E-state index contributed by atoms with van der Waals surface area (Å²) in [5, 5.41) is 0. The zero-order valence-corrected chi connectivity index (χ0v) is 15.9. The van der Waals surface area contributed by atoms with Gasteiger partial charge in [-0.3, -0.25) is 9.59 Å². The van der Waals surface area contributed by atoms with Gasteiger partial charge in [0.2, 0.25) is 11.8 Å². The lowest BCUT2D eigenvalue weighted by Gasteiger charge is -2.26. The molecule has 0 spiro atoms. The summed E-state index contributed by atoms with van der Waals surface area (Å²) < 4.78 is 28.4. The van der Waals surface area contributed by atoms with E-state index in [1.807, 2.05) is 24.3 Å². The molecule has 0 aliphatic carbocycles. The van der Waals surface area contributed by atoms with Crippen molar-refractivity contribution in [2.75, 3.05) is 32.2 Å². The van der Waals surface area contributed by atoms with Gasteiger partial charge in [-0.2, -0.15) is 0 Å². The Hall–Kier alpha value is -2.09. The second kappa shape index (κ2) is 7.26. The number of benzene rings is 1. The molecule has 0 N–H and O–H groups in total. The summed E-state index contributed by atoms with van der Waals surface area (Å²) in [4.78, 5) is 28.2. The minimum Gasteiger partial charge on any atom is -0.497 e. The molecule has 2 saturated heterocycles. The summed E-state index contributed by atoms with van der Waals surface area (Å²) in [5.41, 5.74) is 0.975. The molecule has 0 bridgehead atoms. The minimum atomic E-state index is -3.05. The summed E-state index contributed by atoms with van der Waals surface area (Å²) in [6.07, 6.45) is 0.652. The number of nitrogens with zero attached hydrogens (tertiary/aromatic N) is 2. The second-order valence-corrected chi connectivity index (χ2v) is 9.26. The van der Waals surface area contributed by atoms with Crippen molar-refractivity contribution in [2.45, 2.75) is 25.4 Å². The fraction of sp³-hybridized carbons (Fsp3) is 0.556. The van der Waals surface area contributed by atoms with Crippen molar-refractivity contribution >= 4 is 21.7 Å². The number of carbonyl (C=O) groups is 2. The van der Waals surface area contributed by atoms with Gasteiger partial charge in [-0.1, -0.05) is 12.1 Å². The zero-order valence-electron chi connectivity index (χ0n) is 15.1. The van der Waals surface area contributed by atoms with Gasteiger partial charge in [0.05, 0.1) is 24.5 Å². The van der Waals surface area contributed by atoms with Crippen molar-refractivity contribution in [2.24, 2.45) is 5.92 Å². The molecular weight excluding hydrogens is 356 g/mol. The highest BCUT2D eigenvalue weighted by Crippen LogP contribution is 2.25. The SMILES string of the molecule is COc1ccc(CN2CC(C(=O)N(C)C3CCS(=O)(=O)C3)CC2=O)cc1. The van der Waals surface area contributed by atoms with E-state index < -0.39 is 15.8 Å². The van der Waals surface area contributed by atoms with Gasteiger partial charge in [-0.05, 0) is 24.1 Å². The van der Waals surface area contributed by atoms with Gasteiger partial charge in [0, 0.05) is 32.6 Å². The van der Waals surface area contributed by atoms with Gasteiger partial charge in [-0.15, -0.1) is 0 Å². The fourth-order valence-corrected chi connectivity index (χ4v) is 5.36. The Morgan fingerprint density at radius 2 is 2.00 bits per heavy atom. The second-order valence-electron chi connectivity index (χ2n) is 7.03. The van der Waals surface area contributed by atoms with Crippen LogP contribution in [-0.2, 0) is 26.0 Å². The number of carbonyl (C=O) groups excluding carboxylic acids is 2. The highest BCUT2D eigenvalue weighted by atomic mass is 32.2. The third-order valence-electron chi connectivity index (χ3n) is 5.20. The van der Waals surface area contributed by atoms with E-state index in [0.29, 0.717) is 19.5 Å². The molecule has 7 nitrogen and oxygen atoms in total. The third-order valence-corrected chi connectivity index (χ3v) is 6.95. The maximum absolute atomic E-state index is 12.7. The van der Waals surface area contributed by atoms with E-state index in [4.69, 9.17) is 4.74 Å². The molecule has 2 aliphatic heterocycles. The predicted octanol–water partition coefficient (Wildman–Crippen LogP) is 0.689. The Labute approximate surface area is 153 Å². The molecule has 142 valence electrons. The van der Waals surface area contributed by atoms with E-state index >= 15 is 0 Å². The van der Waals surface area contributed by atoms with Gasteiger partial charge in [-0.25, -0.2) is 8.42 Å². The smallest absolute Gasteiger partial charge is 0.228 e. The van der Waals surface area contributed by atoms with E-state index in [-0.39, 0.29) is 35.8 Å². The van der Waals surface area contributed by atoms with E-state index in [9.17, 15) is 18.0 Å². The Kier molecular flexibility index (Phi) is 5.22. The van der Waals surface area contributed by atoms with Crippen molar-refractivity contribution in [3.63, 3.8) is 0 Å². The first-order valence-corrected chi connectivity index (χ1v) is 10.5. The number of hydrogen-bond acceptors (Lipinski definition) is 5. The molecule has 0 aromatic heterocycles. The van der Waals surface area contributed by atoms with Crippen LogP contribution >= 0.6 is 0 Å². The highest BCUT2D eigenvalue weighted by Gasteiger charge is 2.39. The number of sulfone groups is 1. The lowest BCUT2D eigenvalue weighted by Crippen LogP contribution is -2.42. The van der Waals surface area contributed by atoms with Gasteiger partial charge >= 0.3 is 0 Å². The van der Waals surface area contributed by atoms with Crippen LogP contribution in [0.5, 0.6) is 5.75 Å². The number of methoxy groups -OCH3 is 1. The molecule has 2 aliphatic rings. The van der Waals surface area contributed by atoms with Gasteiger partial charge in [0.1, 0.15) is 5.75 Å². The molecule has 8 heteroatoms. The molecular formula is C18H24N2O5S. The molecule has 1 aromatic carbocycles. The topological polar surface area (TPSA) is 84.0 Å². The fourth-order valence-electron chi connectivity index (χ4n) is 3.59. The van der Waals surface area contributed by atoms with Gasteiger partial charge in [0.25, 0.3) is 0 Å². The molecule has 3 rings (SSSR count). The first-order valence-electron chi connectivity index (χ1n) is 8.67. The summed E-state index contributed by atoms with van der Waals surface area (Å²) >= 11 is 0. The van der Waals surface area contributed by atoms with Crippen LogP contribution in [0.4, 0.5) is 0 Å². The van der Waals surface area contributed by atoms with Crippen molar-refractivity contribution in [1.82, 2.24) is 9.80 Å². The average molecular weight is 380 g/mol. The summed E-state index contributed by atoms with van der Waals surface area (Å²) in [6, 6.07) is 7.20. The van der Waals surface area contributed by atoms with Crippen LogP contribution in [0.15, 0.2) is 24.3 Å². The van der Waals surface area contributed by atoms with Crippen LogP contribution < -0.4 is 4.74 Å². The molecule has 2 fully saturated rings. The molecule has 2 amide bonds. The summed E-state index contributed by atoms with van der Waals surface area (Å²) in [6.45, 7) is 0.821. The Balaban J connectivity index is 1.60. The molecule has 2 heterocycles. The molecule has 1 aromatic rings. The van der Waals surface area contributed by atoms with Crippen LogP contribution in [0.2, 0.25) is 0 Å². The summed E-state index contributed by atoms with van der Waals surface area (Å²) in [7, 11) is 0.195. The zero-order chi connectivity index (χ0) is 18.9. The predicted molar refractivity (Wildman–Crippen MR) is 96.3 cm³/mol. The molecule has 0 saturated carbocycles. The number of ether oxygens (including phenoxy) is 1. The Morgan fingerprint density at radius 1 is 1.31 bits per heavy atom. The van der Waals surface area contributed by atoms with Gasteiger partial charge in [0.15, 0.2) is 9.84 Å². The van der Waals surface area contributed by atoms with Crippen molar-refractivity contribution in [3.05, 3.63) is 29.8 Å². The minimum absolute atomic E-state index is 0.0193. The lowest BCUT2D eigenvalue weighted by atomic mass is 10.1. The number of amides is 2. The number of rotatable bonds is 5. The maximum Gasteiger partial charge on any atom is 0.228 e. The Bertz CT molecular complexity index is 790. The third kappa shape index (κ3) is 4.00. The summed E-state index contributed by atoms with van der Waals surface area (Å²) in [5.74, 6) is 0.301. The van der Waals surface area contributed by atoms with Gasteiger partial charge < -0.3 is 14.5 Å². The maximum atomic E-state index is 12.7. The van der Waals surface area contributed by atoms with E-state index in [2.05, 4.69) is 0 Å². The number of likely N-dealkylation sites (tertiary alicyclic amines) is 1. The average Bonchev–Trinajstić information content (AvgIpc) is 3.16. The van der Waals surface area contributed by atoms with Crippen molar-refractivity contribution in [3.8, 4) is 5.75 Å². The van der Waals surface area contributed by atoms with Crippen LogP contribution in [0.3, 0.4) is 0 Å². The molecule has 2 atom stereocenters. The molecule has 0 radical (unpaired) electrons. The highest BCUT2D eigenvalue weighted by molar-refractivity contribution is 7.91. The van der Waals surface area contributed by atoms with E-state index in [1.165, 1.54) is 4.90 Å². The monoisotopic (exact) mass is 380 g/mol. The van der Waals surface area contributed by atoms with E-state index in [1.54, 1.807) is 19.1 Å². The van der Waals surface area contributed by atoms with Crippen LogP contribution in [0.25, 0.3) is 0 Å². The van der Waals surface area contributed by atoms with Crippen LogP contribution in [0, 0.1) is 5.92 Å². The standard InChI is InChI=1S/C18H24N2O5S/c1-19(15-7-8-26(23,24)12-15)18(22)14-9-17(21)20(11-14)10-13-3-5-16(25-2)6-4-13/h3-6,14-15H,7-12H2,1-2H3. The Morgan fingerprint density at radius 3 is 2.58 bits per heavy atom. The van der Waals surface area contributed by atoms with Crippen LogP contribution in [0.1, 0.15) is 18.4 Å². The van der Waals surface area contributed by atoms with Crippen LogP contribution in [-0.4, -0.2) is 68.3 Å². The van der Waals surface area contributed by atoms with Crippen molar-refractivity contribution < 1.29 is 22.7 Å². The quantitative estimate of drug-likeness (QED) is 0.750. The largest absolute Gasteiger partial charge is 0.497 e. The normalized spacial score (nSPS) is 24.7. The molecule has 26 heavy (non-hydrogen) atoms. The first-order chi connectivity index (χ1) is 12.3. The van der Waals surface area contributed by atoms with E-state index in [0.717, 1.165) is 11.3 Å². The first kappa shape index (κ1) is 18.7. The lowest BCUT2D eigenvalue weighted by molar-refractivity contribution is -0.136. The van der Waals surface area contributed by atoms with Crippen molar-refractivity contribution in [1.29, 1.82) is 0 Å².